The third kappa shape index (κ3) is 6.50. The topological polar surface area (TPSA) is 95.5 Å². The van der Waals surface area contributed by atoms with Gasteiger partial charge >= 0.3 is 0 Å². The summed E-state index contributed by atoms with van der Waals surface area (Å²) in [7, 11) is 0. The highest BCUT2D eigenvalue weighted by Crippen LogP contribution is 2.39. The van der Waals surface area contributed by atoms with Gasteiger partial charge in [-0.1, -0.05) is 35.9 Å². The van der Waals surface area contributed by atoms with Crippen LogP contribution in [-0.2, 0) is 14.4 Å². The average molecular weight is 694 g/mol. The summed E-state index contributed by atoms with van der Waals surface area (Å²) in [6.07, 6.45) is 5.89. The number of carbonyl (C=O) groups excluding carboxylic acids is 3. The van der Waals surface area contributed by atoms with Crippen LogP contribution in [0, 0.1) is 5.82 Å². The molecule has 5 rings (SSSR count). The first-order chi connectivity index (χ1) is 19.6. The predicted octanol–water partition coefficient (Wildman–Crippen LogP) is 5.70. The number of halogens is 4. The molecule has 3 aromatic rings. The standard InChI is InChI=1S/C29H27ClF2IN5O3/c30-22-7-2-1-6-21(22)26(27(40)36-19-10-12-29(32,33)13-11-19)37(20-5-3-4-18(31)16-20)28(41)23-8-9-25(39)38(23)24-17-34-14-15-35-24/h1-7,14-17,19,23,26H,8-13H2,(H,36,40)/t19?,23-,26-,29?/m0/s1. The van der Waals surface area contributed by atoms with Gasteiger partial charge in [-0.25, -0.2) is 13.8 Å². The van der Waals surface area contributed by atoms with E-state index in [0.717, 1.165) is 6.07 Å². The van der Waals surface area contributed by atoms with Crippen LogP contribution in [0.4, 0.5) is 20.3 Å². The van der Waals surface area contributed by atoms with Crippen molar-refractivity contribution in [3.63, 3.8) is 0 Å². The van der Waals surface area contributed by atoms with E-state index in [0.29, 0.717) is 18.4 Å². The fourth-order valence-electron chi connectivity index (χ4n) is 5.37. The number of amides is 3. The van der Waals surface area contributed by atoms with Crippen LogP contribution in [0.3, 0.4) is 0 Å². The lowest BCUT2D eigenvalue weighted by Gasteiger charge is -2.37. The van der Waals surface area contributed by atoms with Gasteiger partial charge in [-0.15, -0.1) is 0 Å². The zero-order valence-electron chi connectivity index (χ0n) is 21.9. The molecule has 2 aliphatic rings. The summed E-state index contributed by atoms with van der Waals surface area (Å²) in [4.78, 5) is 52.2. The second-order valence-corrected chi connectivity index (χ2v) is 12.5. The molecule has 0 bridgehead atoms. The van der Waals surface area contributed by atoms with Gasteiger partial charge < -0.3 is 5.32 Å². The average Bonchev–Trinajstić information content (AvgIpc) is 3.34. The summed E-state index contributed by atoms with van der Waals surface area (Å²) < 4.78 is 27.7. The summed E-state index contributed by atoms with van der Waals surface area (Å²) in [6, 6.07) is 9.32. The Morgan fingerprint density at radius 3 is 2.56 bits per heavy atom. The lowest BCUT2D eigenvalue weighted by molar-refractivity contribution is -0.128. The van der Waals surface area contributed by atoms with Crippen LogP contribution in [0.5, 0.6) is 0 Å². The third-order valence-corrected chi connectivity index (χ3v) is 8.81. The van der Waals surface area contributed by atoms with Crippen molar-refractivity contribution in [2.75, 3.05) is 9.80 Å². The SMILES string of the molecule is O=C(NC1CCC(F)(I)CC1)[C@H](c1ccccc1Cl)N(C(=O)[C@@H]1CCC(=O)N1c1cnccn1)c1cccc(F)c1. The van der Waals surface area contributed by atoms with E-state index in [-0.39, 0.29) is 54.2 Å². The Balaban J connectivity index is 1.58. The molecule has 3 amide bonds. The van der Waals surface area contributed by atoms with Gasteiger partial charge in [-0.05, 0) is 79.0 Å². The number of aromatic nitrogens is 2. The molecule has 0 radical (unpaired) electrons. The summed E-state index contributed by atoms with van der Waals surface area (Å²) in [5, 5.41) is 3.22. The van der Waals surface area contributed by atoms with Gasteiger partial charge in [0.15, 0.2) is 9.49 Å². The molecule has 1 saturated carbocycles. The second kappa shape index (κ2) is 12.4. The molecule has 12 heteroatoms. The molecular weight excluding hydrogens is 667 g/mol. The van der Waals surface area contributed by atoms with Crippen LogP contribution >= 0.6 is 34.2 Å². The normalized spacial score (nSPS) is 23.2. The van der Waals surface area contributed by atoms with Gasteiger partial charge in [-0.2, -0.15) is 0 Å². The number of anilines is 2. The molecular formula is C29H27ClF2IN5O3. The van der Waals surface area contributed by atoms with Crippen molar-refractivity contribution in [2.24, 2.45) is 0 Å². The summed E-state index contributed by atoms with van der Waals surface area (Å²) in [5.41, 5.74) is 0.441. The van der Waals surface area contributed by atoms with Crippen molar-refractivity contribution in [3.8, 4) is 0 Å². The molecule has 0 unspecified atom stereocenters. The lowest BCUT2D eigenvalue weighted by Crippen LogP contribution is -2.53. The van der Waals surface area contributed by atoms with Crippen LogP contribution in [-0.4, -0.2) is 43.4 Å². The maximum absolute atomic E-state index is 14.6. The minimum absolute atomic E-state index is 0.0796. The van der Waals surface area contributed by atoms with Crippen molar-refractivity contribution in [1.29, 1.82) is 0 Å². The zero-order valence-corrected chi connectivity index (χ0v) is 24.8. The van der Waals surface area contributed by atoms with Crippen molar-refractivity contribution in [1.82, 2.24) is 15.3 Å². The molecule has 1 aliphatic heterocycles. The predicted molar refractivity (Wildman–Crippen MR) is 159 cm³/mol. The lowest BCUT2D eigenvalue weighted by atomic mass is 9.93. The molecule has 1 saturated heterocycles. The van der Waals surface area contributed by atoms with Gasteiger partial charge in [0.05, 0.1) is 6.20 Å². The number of benzene rings is 2. The molecule has 8 nitrogen and oxygen atoms in total. The highest BCUT2D eigenvalue weighted by molar-refractivity contribution is 14.1. The smallest absolute Gasteiger partial charge is 0.251 e. The van der Waals surface area contributed by atoms with Gasteiger partial charge in [-0.3, -0.25) is 29.2 Å². The van der Waals surface area contributed by atoms with Gasteiger partial charge in [0, 0.05) is 41.1 Å². The Hall–Kier alpha value is -3.19. The van der Waals surface area contributed by atoms with E-state index in [1.807, 2.05) is 0 Å². The molecule has 1 aromatic heterocycles. The fraction of sp³-hybridized carbons (Fsp3) is 0.345. The van der Waals surface area contributed by atoms with Crippen molar-refractivity contribution in [3.05, 3.63) is 83.5 Å². The van der Waals surface area contributed by atoms with Gasteiger partial charge in [0.2, 0.25) is 11.8 Å². The fourth-order valence-corrected chi connectivity index (χ4v) is 6.23. The van der Waals surface area contributed by atoms with Crippen LogP contribution in [0.25, 0.3) is 0 Å². The molecule has 214 valence electrons. The highest BCUT2D eigenvalue weighted by Gasteiger charge is 2.45. The molecule has 2 heterocycles. The highest BCUT2D eigenvalue weighted by atomic mass is 127. The monoisotopic (exact) mass is 693 g/mol. The van der Waals surface area contributed by atoms with Crippen LogP contribution in [0.1, 0.15) is 50.1 Å². The minimum Gasteiger partial charge on any atom is -0.351 e. The second-order valence-electron chi connectivity index (χ2n) is 10.1. The first kappa shape index (κ1) is 29.3. The van der Waals surface area contributed by atoms with Crippen molar-refractivity contribution >= 4 is 63.4 Å². The summed E-state index contributed by atoms with van der Waals surface area (Å²) >= 11 is 8.39. The Morgan fingerprint density at radius 1 is 1.12 bits per heavy atom. The number of alkyl halides is 2. The first-order valence-corrected chi connectivity index (χ1v) is 14.7. The molecule has 2 fully saturated rings. The van der Waals surface area contributed by atoms with Crippen molar-refractivity contribution in [2.45, 2.75) is 60.3 Å². The summed E-state index contributed by atoms with van der Waals surface area (Å²) in [6.45, 7) is 0. The maximum Gasteiger partial charge on any atom is 0.251 e. The number of nitrogens with one attached hydrogen (secondary N) is 1. The Labute approximate surface area is 254 Å². The molecule has 41 heavy (non-hydrogen) atoms. The first-order valence-electron chi connectivity index (χ1n) is 13.2. The largest absolute Gasteiger partial charge is 0.351 e. The molecule has 1 aliphatic carbocycles. The molecule has 2 aromatic carbocycles. The van der Waals surface area contributed by atoms with E-state index < -0.39 is 33.4 Å². The Kier molecular flexibility index (Phi) is 8.83. The maximum atomic E-state index is 14.6. The zero-order chi connectivity index (χ0) is 29.1. The summed E-state index contributed by atoms with van der Waals surface area (Å²) in [5.74, 6) is -1.89. The van der Waals surface area contributed by atoms with Crippen LogP contribution < -0.4 is 15.1 Å². The third-order valence-electron chi connectivity index (χ3n) is 7.39. The van der Waals surface area contributed by atoms with E-state index >= 15 is 0 Å². The number of nitrogens with zero attached hydrogens (tertiary/aromatic N) is 4. The van der Waals surface area contributed by atoms with Crippen LogP contribution in [0.15, 0.2) is 67.1 Å². The van der Waals surface area contributed by atoms with Gasteiger partial charge in [0.1, 0.15) is 17.9 Å². The van der Waals surface area contributed by atoms with Crippen molar-refractivity contribution < 1.29 is 23.2 Å². The number of hydrogen-bond donors (Lipinski definition) is 1. The molecule has 2 atom stereocenters. The number of rotatable bonds is 7. The number of carbonyl (C=O) groups is 3. The van der Waals surface area contributed by atoms with Crippen LogP contribution in [0.2, 0.25) is 5.02 Å². The van der Waals surface area contributed by atoms with E-state index in [1.54, 1.807) is 46.9 Å². The van der Waals surface area contributed by atoms with E-state index in [1.165, 1.54) is 46.6 Å². The Morgan fingerprint density at radius 2 is 1.88 bits per heavy atom. The number of hydrogen-bond acceptors (Lipinski definition) is 5. The van der Waals surface area contributed by atoms with E-state index in [2.05, 4.69) is 15.3 Å². The molecule has 0 spiro atoms. The minimum atomic E-state index is -1.33. The van der Waals surface area contributed by atoms with E-state index in [9.17, 15) is 23.2 Å². The molecule has 1 N–H and O–H groups in total. The Bertz CT molecular complexity index is 1440. The van der Waals surface area contributed by atoms with Gasteiger partial charge in [0.25, 0.3) is 5.91 Å². The quantitative estimate of drug-likeness (QED) is 0.253. The van der Waals surface area contributed by atoms with E-state index in [4.69, 9.17) is 11.6 Å².